The van der Waals surface area contributed by atoms with Crippen molar-refractivity contribution < 1.29 is 19.1 Å². The highest BCUT2D eigenvalue weighted by Crippen LogP contribution is 2.14. The molecule has 0 aliphatic rings. The van der Waals surface area contributed by atoms with Crippen molar-refractivity contribution in [2.24, 2.45) is 11.5 Å². The van der Waals surface area contributed by atoms with Gasteiger partial charge in [0.15, 0.2) is 0 Å². The molecule has 0 radical (unpaired) electrons. The zero-order chi connectivity index (χ0) is 20.3. The standard InChI is InChI=1S/C20H33N3O4/c1-20(2,3)27-19(25)23-13-4-5-14-26-16-11-9-15(10-12-16)7-6-8-17(21)18(22)24/h9-12,17H,4-8,13-14,21H2,1-3H3,(H2,22,24)(H,23,25)/t17-/m0/s1. The molecule has 152 valence electrons. The second-order valence-corrected chi connectivity index (χ2v) is 7.53. The molecule has 0 heterocycles. The van der Waals surface area contributed by atoms with Gasteiger partial charge in [-0.2, -0.15) is 0 Å². The minimum absolute atomic E-state index is 0.393. The fourth-order valence-corrected chi connectivity index (χ4v) is 2.34. The summed E-state index contributed by atoms with van der Waals surface area (Å²) in [4.78, 5) is 22.4. The van der Waals surface area contributed by atoms with Gasteiger partial charge in [-0.3, -0.25) is 4.79 Å². The number of alkyl carbamates (subject to hydrolysis) is 1. The van der Waals surface area contributed by atoms with Crippen LogP contribution in [-0.2, 0) is 16.0 Å². The summed E-state index contributed by atoms with van der Waals surface area (Å²) < 4.78 is 10.9. The van der Waals surface area contributed by atoms with Gasteiger partial charge in [-0.05, 0) is 70.6 Å². The summed E-state index contributed by atoms with van der Waals surface area (Å²) in [6.45, 7) is 6.65. The molecule has 1 aromatic carbocycles. The number of hydrogen-bond acceptors (Lipinski definition) is 5. The second-order valence-electron chi connectivity index (χ2n) is 7.53. The van der Waals surface area contributed by atoms with E-state index in [0.29, 0.717) is 19.6 Å². The molecule has 0 spiro atoms. The maximum absolute atomic E-state index is 11.5. The van der Waals surface area contributed by atoms with Crippen molar-refractivity contribution in [3.8, 4) is 5.75 Å². The average Bonchev–Trinajstić information content (AvgIpc) is 2.57. The monoisotopic (exact) mass is 379 g/mol. The number of aryl methyl sites for hydroxylation is 1. The third-order valence-corrected chi connectivity index (χ3v) is 3.78. The highest BCUT2D eigenvalue weighted by atomic mass is 16.6. The topological polar surface area (TPSA) is 117 Å². The number of nitrogens with two attached hydrogens (primary N) is 2. The third-order valence-electron chi connectivity index (χ3n) is 3.78. The molecule has 0 aromatic heterocycles. The molecule has 1 aromatic rings. The van der Waals surface area contributed by atoms with E-state index in [1.807, 2.05) is 45.0 Å². The van der Waals surface area contributed by atoms with Crippen molar-refractivity contribution in [1.82, 2.24) is 5.32 Å². The Morgan fingerprint density at radius 3 is 2.37 bits per heavy atom. The van der Waals surface area contributed by atoms with Crippen LogP contribution in [0.1, 0.15) is 52.0 Å². The van der Waals surface area contributed by atoms with Gasteiger partial charge in [0.1, 0.15) is 11.4 Å². The van der Waals surface area contributed by atoms with E-state index >= 15 is 0 Å². The molecular formula is C20H33N3O4. The van der Waals surface area contributed by atoms with Crippen molar-refractivity contribution in [2.45, 2.75) is 64.5 Å². The van der Waals surface area contributed by atoms with E-state index < -0.39 is 23.6 Å². The Hall–Kier alpha value is -2.28. The molecule has 7 nitrogen and oxygen atoms in total. The molecule has 0 fully saturated rings. The van der Waals surface area contributed by atoms with E-state index in [2.05, 4.69) is 5.32 Å². The van der Waals surface area contributed by atoms with Crippen LogP contribution in [0.2, 0.25) is 0 Å². The Labute approximate surface area is 161 Å². The molecule has 2 amide bonds. The normalized spacial score (nSPS) is 12.3. The number of ether oxygens (including phenoxy) is 2. The molecule has 1 atom stereocenters. The first-order valence-corrected chi connectivity index (χ1v) is 9.41. The van der Waals surface area contributed by atoms with Crippen molar-refractivity contribution in [2.75, 3.05) is 13.2 Å². The van der Waals surface area contributed by atoms with Crippen molar-refractivity contribution in [3.05, 3.63) is 29.8 Å². The lowest BCUT2D eigenvalue weighted by Gasteiger charge is -2.19. The largest absolute Gasteiger partial charge is 0.494 e. The smallest absolute Gasteiger partial charge is 0.407 e. The van der Waals surface area contributed by atoms with E-state index in [0.717, 1.165) is 31.4 Å². The summed E-state index contributed by atoms with van der Waals surface area (Å²) in [5.74, 6) is 0.354. The summed E-state index contributed by atoms with van der Waals surface area (Å²) in [7, 11) is 0. The number of unbranched alkanes of at least 4 members (excludes halogenated alkanes) is 1. The zero-order valence-electron chi connectivity index (χ0n) is 16.6. The molecule has 27 heavy (non-hydrogen) atoms. The first-order chi connectivity index (χ1) is 12.7. The van der Waals surface area contributed by atoms with Gasteiger partial charge in [-0.25, -0.2) is 4.79 Å². The molecule has 1 rings (SSSR count). The van der Waals surface area contributed by atoms with Crippen LogP contribution in [0.5, 0.6) is 5.75 Å². The summed E-state index contributed by atoms with van der Waals surface area (Å²) in [6, 6.07) is 7.31. The van der Waals surface area contributed by atoms with Crippen molar-refractivity contribution in [1.29, 1.82) is 0 Å². The van der Waals surface area contributed by atoms with E-state index in [-0.39, 0.29) is 0 Å². The third kappa shape index (κ3) is 11.1. The van der Waals surface area contributed by atoms with E-state index in [1.54, 1.807) is 0 Å². The maximum atomic E-state index is 11.5. The molecule has 7 heteroatoms. The summed E-state index contributed by atoms with van der Waals surface area (Å²) in [5, 5.41) is 2.73. The van der Waals surface area contributed by atoms with Crippen LogP contribution >= 0.6 is 0 Å². The minimum Gasteiger partial charge on any atom is -0.494 e. The molecular weight excluding hydrogens is 346 g/mol. The molecule has 0 unspecified atom stereocenters. The Morgan fingerprint density at radius 1 is 1.11 bits per heavy atom. The van der Waals surface area contributed by atoms with Crippen LogP contribution in [0.25, 0.3) is 0 Å². The molecule has 0 saturated carbocycles. The molecule has 0 saturated heterocycles. The van der Waals surface area contributed by atoms with Gasteiger partial charge in [0.2, 0.25) is 5.91 Å². The Kier molecular flexibility index (Phi) is 9.64. The highest BCUT2D eigenvalue weighted by Gasteiger charge is 2.15. The van der Waals surface area contributed by atoms with E-state index in [4.69, 9.17) is 20.9 Å². The van der Waals surface area contributed by atoms with Gasteiger partial charge in [0, 0.05) is 6.54 Å². The fraction of sp³-hybridized carbons (Fsp3) is 0.600. The van der Waals surface area contributed by atoms with Crippen LogP contribution in [-0.4, -0.2) is 36.8 Å². The van der Waals surface area contributed by atoms with Gasteiger partial charge in [0.25, 0.3) is 0 Å². The predicted octanol–water partition coefficient (Wildman–Crippen LogP) is 2.51. The van der Waals surface area contributed by atoms with Crippen LogP contribution in [0.4, 0.5) is 4.79 Å². The van der Waals surface area contributed by atoms with E-state index in [9.17, 15) is 9.59 Å². The molecule has 0 bridgehead atoms. The summed E-state index contributed by atoms with van der Waals surface area (Å²) in [5.41, 5.74) is 11.4. The summed E-state index contributed by atoms with van der Waals surface area (Å²) >= 11 is 0. The minimum atomic E-state index is -0.572. The number of carbonyl (C=O) groups is 2. The number of benzene rings is 1. The second kappa shape index (κ2) is 11.4. The quantitative estimate of drug-likeness (QED) is 0.511. The Bertz CT molecular complexity index is 582. The highest BCUT2D eigenvalue weighted by molar-refractivity contribution is 5.79. The fourth-order valence-electron chi connectivity index (χ4n) is 2.34. The lowest BCUT2D eigenvalue weighted by atomic mass is 10.0. The van der Waals surface area contributed by atoms with Crippen LogP contribution in [0, 0.1) is 0 Å². The van der Waals surface area contributed by atoms with Gasteiger partial charge in [-0.15, -0.1) is 0 Å². The number of amides is 2. The predicted molar refractivity (Wildman–Crippen MR) is 106 cm³/mol. The first kappa shape index (κ1) is 22.8. The maximum Gasteiger partial charge on any atom is 0.407 e. The average molecular weight is 380 g/mol. The van der Waals surface area contributed by atoms with Crippen molar-refractivity contribution in [3.63, 3.8) is 0 Å². The van der Waals surface area contributed by atoms with Gasteiger partial charge >= 0.3 is 6.09 Å². The lowest BCUT2D eigenvalue weighted by molar-refractivity contribution is -0.119. The first-order valence-electron chi connectivity index (χ1n) is 9.41. The van der Waals surface area contributed by atoms with Crippen molar-refractivity contribution >= 4 is 12.0 Å². The number of rotatable bonds is 11. The van der Waals surface area contributed by atoms with Gasteiger partial charge < -0.3 is 26.3 Å². The number of hydrogen-bond donors (Lipinski definition) is 3. The SMILES string of the molecule is CC(C)(C)OC(=O)NCCCCOc1ccc(CCC[C@H](N)C(N)=O)cc1. The molecule has 0 aliphatic heterocycles. The zero-order valence-corrected chi connectivity index (χ0v) is 16.6. The van der Waals surface area contributed by atoms with Gasteiger partial charge in [0.05, 0.1) is 12.6 Å². The summed E-state index contributed by atoms with van der Waals surface area (Å²) in [6.07, 6.45) is 3.51. The van der Waals surface area contributed by atoms with Crippen LogP contribution in [0.15, 0.2) is 24.3 Å². The van der Waals surface area contributed by atoms with Crippen LogP contribution < -0.4 is 21.5 Å². The van der Waals surface area contributed by atoms with Gasteiger partial charge in [-0.1, -0.05) is 12.1 Å². The molecule has 5 N–H and O–H groups in total. The van der Waals surface area contributed by atoms with Crippen LogP contribution in [0.3, 0.4) is 0 Å². The lowest BCUT2D eigenvalue weighted by Crippen LogP contribution is -2.36. The number of primary amides is 1. The number of nitrogens with one attached hydrogen (secondary N) is 1. The Balaban J connectivity index is 2.14. The number of carbonyl (C=O) groups excluding carboxylic acids is 2. The van der Waals surface area contributed by atoms with E-state index in [1.165, 1.54) is 5.56 Å². The molecule has 0 aliphatic carbocycles. The Morgan fingerprint density at radius 2 is 1.78 bits per heavy atom.